The van der Waals surface area contributed by atoms with Gasteiger partial charge in [0.2, 0.25) is 0 Å². The molecule has 2 aliphatic rings. The average molecular weight is 322 g/mol. The van der Waals surface area contributed by atoms with Crippen molar-refractivity contribution in [2.75, 3.05) is 0 Å². The monoisotopic (exact) mass is 322 g/mol. The number of nitrogens with zero attached hydrogens (tertiary/aromatic N) is 2. The van der Waals surface area contributed by atoms with E-state index in [1.807, 2.05) is 0 Å². The number of hydrogen-bond donors (Lipinski definition) is 0. The van der Waals surface area contributed by atoms with E-state index in [1.54, 1.807) is 0 Å². The molecule has 4 rings (SSSR count). The molecule has 2 heterocycles. The first-order chi connectivity index (χ1) is 11.4. The van der Waals surface area contributed by atoms with E-state index < -0.39 is 0 Å². The summed E-state index contributed by atoms with van der Waals surface area (Å²) in [4.78, 5) is 15.3. The molecule has 1 aromatic heterocycles. The summed E-state index contributed by atoms with van der Waals surface area (Å²) in [5, 5.41) is 1.27. The van der Waals surface area contributed by atoms with Crippen molar-refractivity contribution in [2.45, 2.75) is 58.0 Å². The first-order valence-electron chi connectivity index (χ1n) is 8.99. The Hall–Kier alpha value is -2.03. The zero-order chi connectivity index (χ0) is 17.1. The molecule has 24 heavy (non-hydrogen) atoms. The SMILES string of the molecule is Cn1cc(C2C3=C(CCCC3)C(=O)N2C(C)(C)C)c2ccccc21. The molecule has 1 aromatic carbocycles. The van der Waals surface area contributed by atoms with Crippen LogP contribution in [-0.4, -0.2) is 20.9 Å². The molecule has 1 unspecified atom stereocenters. The predicted molar refractivity (Wildman–Crippen MR) is 97.8 cm³/mol. The van der Waals surface area contributed by atoms with Gasteiger partial charge in [-0.25, -0.2) is 0 Å². The van der Waals surface area contributed by atoms with E-state index in [-0.39, 0.29) is 17.5 Å². The molecule has 126 valence electrons. The largest absolute Gasteiger partial charge is 0.350 e. The highest BCUT2D eigenvalue weighted by Gasteiger charge is 2.45. The Kier molecular flexibility index (Phi) is 3.38. The van der Waals surface area contributed by atoms with Gasteiger partial charge in [0.25, 0.3) is 5.91 Å². The molecule has 1 aliphatic carbocycles. The number of aromatic nitrogens is 1. The topological polar surface area (TPSA) is 25.2 Å². The number of rotatable bonds is 1. The third-order valence-electron chi connectivity index (χ3n) is 5.52. The lowest BCUT2D eigenvalue weighted by Gasteiger charge is -2.38. The molecule has 0 N–H and O–H groups in total. The number of carbonyl (C=O) groups excluding carboxylic acids is 1. The van der Waals surface area contributed by atoms with Crippen LogP contribution in [0.1, 0.15) is 58.1 Å². The molecule has 3 heteroatoms. The molecule has 0 spiro atoms. The van der Waals surface area contributed by atoms with Crippen LogP contribution in [0.5, 0.6) is 0 Å². The van der Waals surface area contributed by atoms with Crippen molar-refractivity contribution >= 4 is 16.8 Å². The zero-order valence-corrected chi connectivity index (χ0v) is 15.1. The van der Waals surface area contributed by atoms with Crippen LogP contribution in [0.15, 0.2) is 41.6 Å². The van der Waals surface area contributed by atoms with E-state index in [1.165, 1.54) is 28.5 Å². The molecular weight excluding hydrogens is 296 g/mol. The highest BCUT2D eigenvalue weighted by atomic mass is 16.2. The van der Waals surface area contributed by atoms with Gasteiger partial charge in [-0.15, -0.1) is 0 Å². The fourth-order valence-corrected chi connectivity index (χ4v) is 4.50. The first-order valence-corrected chi connectivity index (χ1v) is 8.99. The maximum absolute atomic E-state index is 13.2. The summed E-state index contributed by atoms with van der Waals surface area (Å²) in [6.45, 7) is 6.46. The second-order valence-corrected chi connectivity index (χ2v) is 8.17. The van der Waals surface area contributed by atoms with Crippen LogP contribution < -0.4 is 0 Å². The summed E-state index contributed by atoms with van der Waals surface area (Å²) >= 11 is 0. The Morgan fingerprint density at radius 3 is 2.54 bits per heavy atom. The van der Waals surface area contributed by atoms with E-state index in [0.717, 1.165) is 24.8 Å². The lowest BCUT2D eigenvalue weighted by atomic mass is 9.87. The molecule has 1 atom stereocenters. The van der Waals surface area contributed by atoms with Crippen LogP contribution in [-0.2, 0) is 11.8 Å². The lowest BCUT2D eigenvalue weighted by molar-refractivity contribution is -0.132. The fourth-order valence-electron chi connectivity index (χ4n) is 4.50. The summed E-state index contributed by atoms with van der Waals surface area (Å²) in [6, 6.07) is 8.63. The van der Waals surface area contributed by atoms with E-state index in [2.05, 4.69) is 67.7 Å². The van der Waals surface area contributed by atoms with E-state index in [9.17, 15) is 4.79 Å². The Bertz CT molecular complexity index is 850. The van der Waals surface area contributed by atoms with E-state index >= 15 is 0 Å². The van der Waals surface area contributed by atoms with Crippen LogP contribution in [0.4, 0.5) is 0 Å². The molecule has 1 aliphatic heterocycles. The van der Waals surface area contributed by atoms with Crippen molar-refractivity contribution in [3.05, 3.63) is 47.2 Å². The second kappa shape index (κ2) is 5.23. The van der Waals surface area contributed by atoms with Gasteiger partial charge in [0, 0.05) is 40.8 Å². The van der Waals surface area contributed by atoms with Gasteiger partial charge >= 0.3 is 0 Å². The normalized spacial score (nSPS) is 21.8. The van der Waals surface area contributed by atoms with Gasteiger partial charge in [-0.3, -0.25) is 4.79 Å². The van der Waals surface area contributed by atoms with Gasteiger partial charge in [-0.2, -0.15) is 0 Å². The van der Waals surface area contributed by atoms with Gasteiger partial charge in [-0.1, -0.05) is 18.2 Å². The van der Waals surface area contributed by atoms with Gasteiger partial charge in [0.05, 0.1) is 6.04 Å². The van der Waals surface area contributed by atoms with Gasteiger partial charge < -0.3 is 9.47 Å². The number of aryl methyl sites for hydroxylation is 1. The van der Waals surface area contributed by atoms with Crippen molar-refractivity contribution in [1.29, 1.82) is 0 Å². The zero-order valence-electron chi connectivity index (χ0n) is 15.1. The van der Waals surface area contributed by atoms with E-state index in [0.29, 0.717) is 0 Å². The molecule has 1 amide bonds. The van der Waals surface area contributed by atoms with Crippen molar-refractivity contribution in [2.24, 2.45) is 7.05 Å². The minimum atomic E-state index is -0.184. The van der Waals surface area contributed by atoms with Crippen LogP contribution in [0.3, 0.4) is 0 Å². The smallest absolute Gasteiger partial charge is 0.251 e. The van der Waals surface area contributed by atoms with Crippen molar-refractivity contribution in [3.63, 3.8) is 0 Å². The highest BCUT2D eigenvalue weighted by Crippen LogP contribution is 2.49. The van der Waals surface area contributed by atoms with Gasteiger partial charge in [0.15, 0.2) is 0 Å². The highest BCUT2D eigenvalue weighted by molar-refractivity contribution is 5.99. The fraction of sp³-hybridized carbons (Fsp3) is 0.476. The molecule has 3 nitrogen and oxygen atoms in total. The molecule has 2 aromatic rings. The average Bonchev–Trinajstić information content (AvgIpc) is 3.03. The summed E-state index contributed by atoms with van der Waals surface area (Å²) in [5.74, 6) is 0.259. The Balaban J connectivity index is 1.95. The number of hydrogen-bond acceptors (Lipinski definition) is 1. The number of carbonyl (C=O) groups is 1. The maximum Gasteiger partial charge on any atom is 0.251 e. The lowest BCUT2D eigenvalue weighted by Crippen LogP contribution is -2.45. The quantitative estimate of drug-likeness (QED) is 0.745. The van der Waals surface area contributed by atoms with Crippen LogP contribution in [0, 0.1) is 0 Å². The number of benzene rings is 1. The van der Waals surface area contributed by atoms with Crippen molar-refractivity contribution in [1.82, 2.24) is 9.47 Å². The summed E-state index contributed by atoms with van der Waals surface area (Å²) in [5.41, 5.74) is 4.80. The Morgan fingerprint density at radius 1 is 1.08 bits per heavy atom. The number of fused-ring (bicyclic) bond motifs is 1. The first kappa shape index (κ1) is 15.5. The maximum atomic E-state index is 13.2. The van der Waals surface area contributed by atoms with Gasteiger partial charge in [0.1, 0.15) is 0 Å². The molecule has 0 saturated heterocycles. The number of amides is 1. The second-order valence-electron chi connectivity index (χ2n) is 8.17. The summed E-state index contributed by atoms with van der Waals surface area (Å²) in [6.07, 6.45) is 6.58. The summed E-state index contributed by atoms with van der Waals surface area (Å²) < 4.78 is 2.19. The minimum absolute atomic E-state index is 0.0962. The van der Waals surface area contributed by atoms with E-state index in [4.69, 9.17) is 0 Å². The standard InChI is InChI=1S/C21H26N2O/c1-21(2,3)23-19(15-10-5-6-11-16(15)20(23)24)17-13-22(4)18-12-8-7-9-14(17)18/h7-9,12-13,19H,5-6,10-11H2,1-4H3. The minimum Gasteiger partial charge on any atom is -0.350 e. The summed E-state index contributed by atoms with van der Waals surface area (Å²) in [7, 11) is 2.10. The molecule has 0 bridgehead atoms. The number of para-hydroxylation sites is 1. The van der Waals surface area contributed by atoms with Crippen LogP contribution in [0.25, 0.3) is 10.9 Å². The van der Waals surface area contributed by atoms with Gasteiger partial charge in [-0.05, 0) is 58.1 Å². The van der Waals surface area contributed by atoms with Crippen LogP contribution >= 0.6 is 0 Å². The van der Waals surface area contributed by atoms with Crippen molar-refractivity contribution < 1.29 is 4.79 Å². The van der Waals surface area contributed by atoms with Crippen molar-refractivity contribution in [3.8, 4) is 0 Å². The molecule has 0 fully saturated rings. The van der Waals surface area contributed by atoms with Crippen LogP contribution in [0.2, 0.25) is 0 Å². The Labute approximate surface area is 143 Å². The molecule has 0 saturated carbocycles. The third kappa shape index (κ3) is 2.14. The molecular formula is C21H26N2O. The predicted octanol–water partition coefficient (Wildman–Crippen LogP) is 4.73. The third-order valence-corrected chi connectivity index (χ3v) is 5.52. The Morgan fingerprint density at radius 2 is 1.79 bits per heavy atom. The molecule has 0 radical (unpaired) electrons.